The summed E-state index contributed by atoms with van der Waals surface area (Å²) in [5.74, 6) is 1.83. The summed E-state index contributed by atoms with van der Waals surface area (Å²) in [7, 11) is 1.86. The highest BCUT2D eigenvalue weighted by Gasteiger charge is 2.41. The molecule has 24 heavy (non-hydrogen) atoms. The first kappa shape index (κ1) is 20.2. The molecule has 3 aliphatic heterocycles. The zero-order valence-corrected chi connectivity index (χ0v) is 17.6. The van der Waals surface area contributed by atoms with Crippen molar-refractivity contribution >= 4 is 29.9 Å². The Hall–Kier alpha value is -0.0800. The maximum absolute atomic E-state index is 5.90. The maximum atomic E-state index is 5.90. The molecule has 0 aromatic rings. The van der Waals surface area contributed by atoms with Crippen LogP contribution in [0.5, 0.6) is 0 Å². The topological polar surface area (TPSA) is 48.9 Å². The van der Waals surface area contributed by atoms with Gasteiger partial charge in [-0.15, -0.1) is 24.0 Å². The highest BCUT2D eigenvalue weighted by Crippen LogP contribution is 2.34. The van der Waals surface area contributed by atoms with Gasteiger partial charge in [-0.2, -0.15) is 0 Å². The van der Waals surface area contributed by atoms with E-state index in [0.717, 1.165) is 24.8 Å². The van der Waals surface area contributed by atoms with Gasteiger partial charge in [0.1, 0.15) is 0 Å². The number of likely N-dealkylation sites (tertiary alicyclic amines) is 1. The number of halogens is 1. The largest absolute Gasteiger partial charge is 0.373 e. The van der Waals surface area contributed by atoms with Gasteiger partial charge in [0.2, 0.25) is 0 Å². The fraction of sp³-hybridized carbons (Fsp3) is 0.944. The van der Waals surface area contributed by atoms with Gasteiger partial charge < -0.3 is 20.3 Å². The average molecular weight is 450 g/mol. The third-order valence-electron chi connectivity index (χ3n) is 5.59. The van der Waals surface area contributed by atoms with Crippen LogP contribution in [0.1, 0.15) is 51.9 Å². The van der Waals surface area contributed by atoms with Crippen LogP contribution in [0.2, 0.25) is 0 Å². The van der Waals surface area contributed by atoms with E-state index in [0.29, 0.717) is 18.2 Å². The molecule has 0 aromatic carbocycles. The molecule has 2 N–H and O–H groups in total. The number of rotatable bonds is 6. The second-order valence-corrected chi connectivity index (χ2v) is 7.61. The molecular formula is C18H35IN4O. The second-order valence-electron chi connectivity index (χ2n) is 7.61. The maximum Gasteiger partial charge on any atom is 0.191 e. The summed E-state index contributed by atoms with van der Waals surface area (Å²) in [5.41, 5.74) is 0. The lowest BCUT2D eigenvalue weighted by atomic mass is 9.96. The first-order valence-electron chi connectivity index (χ1n) is 9.59. The zero-order chi connectivity index (χ0) is 16.1. The van der Waals surface area contributed by atoms with Crippen molar-refractivity contribution in [3.63, 3.8) is 0 Å². The van der Waals surface area contributed by atoms with Gasteiger partial charge >= 0.3 is 0 Å². The van der Waals surface area contributed by atoms with Gasteiger partial charge in [0.25, 0.3) is 0 Å². The third-order valence-corrected chi connectivity index (χ3v) is 5.59. The minimum atomic E-state index is 0. The van der Waals surface area contributed by atoms with Crippen LogP contribution < -0.4 is 10.6 Å². The molecule has 0 aliphatic carbocycles. The van der Waals surface area contributed by atoms with E-state index < -0.39 is 0 Å². The van der Waals surface area contributed by atoms with Crippen LogP contribution in [0.25, 0.3) is 0 Å². The second kappa shape index (κ2) is 10.2. The summed E-state index contributed by atoms with van der Waals surface area (Å²) in [6, 6.07) is 0.454. The summed E-state index contributed by atoms with van der Waals surface area (Å²) in [6.45, 7) is 7.22. The van der Waals surface area contributed by atoms with Crippen molar-refractivity contribution in [1.29, 1.82) is 0 Å². The normalized spacial score (nSPS) is 33.3. The van der Waals surface area contributed by atoms with E-state index in [1.165, 1.54) is 58.2 Å². The van der Waals surface area contributed by atoms with Crippen molar-refractivity contribution in [2.45, 2.75) is 70.1 Å². The quantitative estimate of drug-likeness (QED) is 0.283. The van der Waals surface area contributed by atoms with Crippen LogP contribution in [0.15, 0.2) is 4.99 Å². The Labute approximate surface area is 164 Å². The van der Waals surface area contributed by atoms with Gasteiger partial charge in [-0.3, -0.25) is 4.99 Å². The molecule has 3 heterocycles. The summed E-state index contributed by atoms with van der Waals surface area (Å²) >= 11 is 0. The number of unbranched alkanes of at least 4 members (excludes halogenated alkanes) is 1. The average Bonchev–Trinajstić information content (AvgIpc) is 3.16. The van der Waals surface area contributed by atoms with E-state index in [-0.39, 0.29) is 24.0 Å². The summed E-state index contributed by atoms with van der Waals surface area (Å²) in [6.07, 6.45) is 9.74. The van der Waals surface area contributed by atoms with E-state index >= 15 is 0 Å². The van der Waals surface area contributed by atoms with E-state index in [9.17, 15) is 0 Å². The Bertz CT molecular complexity index is 406. The molecule has 140 valence electrons. The molecule has 0 amide bonds. The van der Waals surface area contributed by atoms with E-state index in [2.05, 4.69) is 27.4 Å². The Balaban J connectivity index is 0.00000208. The molecule has 0 spiro atoms. The number of nitrogens with zero attached hydrogens (tertiary/aromatic N) is 2. The highest BCUT2D eigenvalue weighted by atomic mass is 127. The van der Waals surface area contributed by atoms with Crippen molar-refractivity contribution in [2.75, 3.05) is 33.2 Å². The van der Waals surface area contributed by atoms with Gasteiger partial charge in [-0.05, 0) is 64.0 Å². The van der Waals surface area contributed by atoms with E-state index in [1.807, 2.05) is 7.05 Å². The molecule has 3 fully saturated rings. The highest BCUT2D eigenvalue weighted by molar-refractivity contribution is 14.0. The fourth-order valence-electron chi connectivity index (χ4n) is 4.32. The van der Waals surface area contributed by atoms with E-state index in [4.69, 9.17) is 4.74 Å². The van der Waals surface area contributed by atoms with E-state index in [1.54, 1.807) is 0 Å². The molecule has 2 bridgehead atoms. The fourth-order valence-corrected chi connectivity index (χ4v) is 4.32. The smallest absolute Gasteiger partial charge is 0.191 e. The lowest BCUT2D eigenvalue weighted by Crippen LogP contribution is -2.47. The predicted molar refractivity (Wildman–Crippen MR) is 110 cm³/mol. The zero-order valence-electron chi connectivity index (χ0n) is 15.3. The molecule has 3 aliphatic rings. The Morgan fingerprint density at radius 2 is 2.12 bits per heavy atom. The van der Waals surface area contributed by atoms with Gasteiger partial charge in [-0.25, -0.2) is 0 Å². The number of hydrogen-bond acceptors (Lipinski definition) is 3. The number of aliphatic imine (C=N–C) groups is 1. The monoisotopic (exact) mass is 450 g/mol. The van der Waals surface area contributed by atoms with Gasteiger partial charge in [0.05, 0.1) is 18.2 Å². The molecule has 6 heteroatoms. The van der Waals surface area contributed by atoms with Crippen molar-refractivity contribution in [3.05, 3.63) is 0 Å². The molecule has 3 rings (SSSR count). The number of ether oxygens (including phenoxy) is 1. The van der Waals surface area contributed by atoms with Crippen molar-refractivity contribution in [3.8, 4) is 0 Å². The Morgan fingerprint density at radius 3 is 2.79 bits per heavy atom. The van der Waals surface area contributed by atoms with Crippen LogP contribution in [0, 0.1) is 5.92 Å². The van der Waals surface area contributed by atoms with Crippen LogP contribution >= 0.6 is 24.0 Å². The number of guanidine groups is 1. The molecule has 4 unspecified atom stereocenters. The van der Waals surface area contributed by atoms with Crippen molar-refractivity contribution < 1.29 is 4.74 Å². The molecule has 0 saturated carbocycles. The SMILES string of the molecule is CN=C(NCCCCN1CCCC(C)C1)NC1CC2CCC1O2.I. The molecule has 3 saturated heterocycles. The van der Waals surface area contributed by atoms with Crippen LogP contribution in [-0.2, 0) is 4.74 Å². The van der Waals surface area contributed by atoms with Gasteiger partial charge in [-0.1, -0.05) is 6.92 Å². The first-order valence-corrected chi connectivity index (χ1v) is 9.59. The minimum Gasteiger partial charge on any atom is -0.373 e. The molecular weight excluding hydrogens is 415 g/mol. The number of nitrogens with one attached hydrogen (secondary N) is 2. The van der Waals surface area contributed by atoms with Crippen LogP contribution in [0.4, 0.5) is 0 Å². The predicted octanol–water partition coefficient (Wildman–Crippen LogP) is 2.60. The summed E-state index contributed by atoms with van der Waals surface area (Å²) in [5, 5.41) is 7.01. The molecule has 0 aromatic heterocycles. The Kier molecular flexibility index (Phi) is 8.57. The van der Waals surface area contributed by atoms with Gasteiger partial charge in [0, 0.05) is 20.1 Å². The van der Waals surface area contributed by atoms with Crippen LogP contribution in [0.3, 0.4) is 0 Å². The number of piperidine rings is 1. The molecule has 4 atom stereocenters. The molecule has 5 nitrogen and oxygen atoms in total. The van der Waals surface area contributed by atoms with Crippen LogP contribution in [-0.4, -0.2) is 62.3 Å². The lowest BCUT2D eigenvalue weighted by Gasteiger charge is -2.30. The number of hydrogen-bond donors (Lipinski definition) is 2. The summed E-state index contributed by atoms with van der Waals surface area (Å²) in [4.78, 5) is 6.99. The van der Waals surface area contributed by atoms with Crippen molar-refractivity contribution in [1.82, 2.24) is 15.5 Å². The third kappa shape index (κ3) is 5.73. The first-order chi connectivity index (χ1) is 11.2. The summed E-state index contributed by atoms with van der Waals surface area (Å²) < 4.78 is 5.90. The lowest BCUT2D eigenvalue weighted by molar-refractivity contribution is 0.0992. The van der Waals surface area contributed by atoms with Gasteiger partial charge in [0.15, 0.2) is 5.96 Å². The van der Waals surface area contributed by atoms with Crippen molar-refractivity contribution in [2.24, 2.45) is 10.9 Å². The number of fused-ring (bicyclic) bond motifs is 2. The molecule has 0 radical (unpaired) electrons. The minimum absolute atomic E-state index is 0. The standard InChI is InChI=1S/C18H34N4O.HI/c1-14-6-5-11-22(13-14)10-4-3-9-20-18(19-2)21-16-12-15-7-8-17(16)23-15;/h14-17H,3-13H2,1-2H3,(H2,19,20,21);1H. The Morgan fingerprint density at radius 1 is 1.25 bits per heavy atom.